The van der Waals surface area contributed by atoms with Gasteiger partial charge in [-0.3, -0.25) is 0 Å². The maximum Gasteiger partial charge on any atom is 0.137 e. The lowest BCUT2D eigenvalue weighted by Gasteiger charge is -2.11. The van der Waals surface area contributed by atoms with Crippen LogP contribution in [-0.4, -0.2) is 7.11 Å². The zero-order valence-electron chi connectivity index (χ0n) is 10.4. The van der Waals surface area contributed by atoms with E-state index in [0.717, 1.165) is 11.3 Å². The van der Waals surface area contributed by atoms with Crippen molar-refractivity contribution in [3.8, 4) is 17.6 Å². The topological polar surface area (TPSA) is 42.2 Å². The molecule has 0 heterocycles. The van der Waals surface area contributed by atoms with Crippen LogP contribution in [0.2, 0.25) is 5.02 Å². The molecule has 0 aliphatic rings. The van der Waals surface area contributed by atoms with E-state index in [1.807, 2.05) is 24.3 Å². The number of halogens is 1. The molecule has 0 radical (unpaired) electrons. The summed E-state index contributed by atoms with van der Waals surface area (Å²) in [5, 5.41) is 9.54. The average molecular weight is 274 g/mol. The van der Waals surface area contributed by atoms with Gasteiger partial charge in [0.25, 0.3) is 0 Å². The number of para-hydroxylation sites is 1. The highest BCUT2D eigenvalue weighted by molar-refractivity contribution is 6.30. The number of benzene rings is 2. The van der Waals surface area contributed by atoms with E-state index in [2.05, 4.69) is 6.07 Å². The second-order valence-corrected chi connectivity index (χ2v) is 4.29. The third-order valence-corrected chi connectivity index (χ3v) is 2.87. The Morgan fingerprint density at radius 2 is 1.95 bits per heavy atom. The Bertz CT molecular complexity index is 620. The van der Waals surface area contributed by atoms with Crippen LogP contribution in [0, 0.1) is 11.3 Å². The van der Waals surface area contributed by atoms with Crippen LogP contribution in [0.15, 0.2) is 42.5 Å². The lowest BCUT2D eigenvalue weighted by molar-refractivity contribution is 0.296. The standard InChI is InChI=1S/C15H12ClNO2/c1-18-14-5-3-2-4-11(14)10-19-15-7-6-13(16)8-12(15)9-17/h2-8H,10H2,1H3. The maximum absolute atomic E-state index is 9.03. The molecular weight excluding hydrogens is 262 g/mol. The van der Waals surface area contributed by atoms with Gasteiger partial charge in [-0.1, -0.05) is 29.8 Å². The van der Waals surface area contributed by atoms with Crippen molar-refractivity contribution in [3.05, 3.63) is 58.6 Å². The summed E-state index contributed by atoms with van der Waals surface area (Å²) in [6.45, 7) is 0.334. The van der Waals surface area contributed by atoms with Crippen molar-refractivity contribution < 1.29 is 9.47 Å². The Hall–Kier alpha value is -2.18. The van der Waals surface area contributed by atoms with Crippen LogP contribution >= 0.6 is 11.6 Å². The third kappa shape index (κ3) is 3.18. The molecule has 96 valence electrons. The number of ether oxygens (including phenoxy) is 2. The van der Waals surface area contributed by atoms with E-state index in [0.29, 0.717) is 22.9 Å². The molecule has 2 rings (SSSR count). The molecule has 0 unspecified atom stereocenters. The Kier molecular flexibility index (Phi) is 4.27. The van der Waals surface area contributed by atoms with Gasteiger partial charge in [0.15, 0.2) is 0 Å². The van der Waals surface area contributed by atoms with Crippen LogP contribution in [0.1, 0.15) is 11.1 Å². The number of hydrogen-bond donors (Lipinski definition) is 0. The molecule has 3 nitrogen and oxygen atoms in total. The summed E-state index contributed by atoms with van der Waals surface area (Å²) >= 11 is 5.83. The molecule has 0 saturated heterocycles. The summed E-state index contributed by atoms with van der Waals surface area (Å²) in [6, 6.07) is 14.6. The molecule has 0 N–H and O–H groups in total. The summed E-state index contributed by atoms with van der Waals surface area (Å²) in [7, 11) is 1.61. The van der Waals surface area contributed by atoms with Crippen LogP contribution < -0.4 is 9.47 Å². The lowest BCUT2D eigenvalue weighted by Crippen LogP contribution is -1.99. The van der Waals surface area contributed by atoms with Crippen molar-refractivity contribution in [1.82, 2.24) is 0 Å². The van der Waals surface area contributed by atoms with Gasteiger partial charge >= 0.3 is 0 Å². The van der Waals surface area contributed by atoms with E-state index >= 15 is 0 Å². The number of nitrogens with zero attached hydrogens (tertiary/aromatic N) is 1. The van der Waals surface area contributed by atoms with E-state index in [1.165, 1.54) is 0 Å². The minimum atomic E-state index is 0.334. The Morgan fingerprint density at radius 3 is 2.68 bits per heavy atom. The molecule has 0 bridgehead atoms. The minimum absolute atomic E-state index is 0.334. The number of methoxy groups -OCH3 is 1. The lowest BCUT2D eigenvalue weighted by atomic mass is 10.2. The van der Waals surface area contributed by atoms with Gasteiger partial charge in [0.05, 0.1) is 12.7 Å². The normalized spacial score (nSPS) is 9.74. The molecule has 0 aliphatic heterocycles. The smallest absolute Gasteiger partial charge is 0.137 e. The highest BCUT2D eigenvalue weighted by Crippen LogP contribution is 2.25. The zero-order chi connectivity index (χ0) is 13.7. The second-order valence-electron chi connectivity index (χ2n) is 3.85. The van der Waals surface area contributed by atoms with Gasteiger partial charge in [-0.05, 0) is 24.3 Å². The van der Waals surface area contributed by atoms with Crippen LogP contribution in [-0.2, 0) is 6.61 Å². The van der Waals surface area contributed by atoms with Gasteiger partial charge in [-0.25, -0.2) is 0 Å². The predicted octanol–water partition coefficient (Wildman–Crippen LogP) is 3.80. The molecule has 0 spiro atoms. The van der Waals surface area contributed by atoms with Gasteiger partial charge in [0.2, 0.25) is 0 Å². The number of hydrogen-bond acceptors (Lipinski definition) is 3. The van der Waals surface area contributed by atoms with Crippen molar-refractivity contribution in [2.75, 3.05) is 7.11 Å². The first kappa shape index (κ1) is 13.3. The van der Waals surface area contributed by atoms with Crippen molar-refractivity contribution in [1.29, 1.82) is 5.26 Å². The first-order valence-electron chi connectivity index (χ1n) is 5.69. The molecule has 2 aromatic rings. The molecule has 0 atom stereocenters. The number of nitriles is 1. The van der Waals surface area contributed by atoms with Crippen LogP contribution in [0.25, 0.3) is 0 Å². The van der Waals surface area contributed by atoms with Crippen molar-refractivity contribution >= 4 is 11.6 Å². The maximum atomic E-state index is 9.03. The van der Waals surface area contributed by atoms with Gasteiger partial charge in [0, 0.05) is 10.6 Å². The Labute approximate surface area is 117 Å². The average Bonchev–Trinajstić information content (AvgIpc) is 2.46. The molecule has 0 fully saturated rings. The molecule has 0 amide bonds. The van der Waals surface area contributed by atoms with E-state index in [4.69, 9.17) is 26.3 Å². The fourth-order valence-electron chi connectivity index (χ4n) is 1.69. The first-order chi connectivity index (χ1) is 9.24. The molecule has 0 saturated carbocycles. The SMILES string of the molecule is COc1ccccc1COc1ccc(Cl)cc1C#N. The molecule has 0 aromatic heterocycles. The van der Waals surface area contributed by atoms with E-state index in [-0.39, 0.29) is 0 Å². The van der Waals surface area contributed by atoms with E-state index < -0.39 is 0 Å². The highest BCUT2D eigenvalue weighted by atomic mass is 35.5. The van der Waals surface area contributed by atoms with Gasteiger partial charge in [-0.15, -0.1) is 0 Å². The molecule has 2 aromatic carbocycles. The first-order valence-corrected chi connectivity index (χ1v) is 6.06. The second kappa shape index (κ2) is 6.12. The quantitative estimate of drug-likeness (QED) is 0.851. The zero-order valence-corrected chi connectivity index (χ0v) is 11.1. The van der Waals surface area contributed by atoms with Crippen LogP contribution in [0.3, 0.4) is 0 Å². The number of rotatable bonds is 4. The van der Waals surface area contributed by atoms with Crippen molar-refractivity contribution in [3.63, 3.8) is 0 Å². The monoisotopic (exact) mass is 273 g/mol. The van der Waals surface area contributed by atoms with Gasteiger partial charge in [0.1, 0.15) is 24.2 Å². The summed E-state index contributed by atoms with van der Waals surface area (Å²) in [5.74, 6) is 1.27. The molecule has 0 aliphatic carbocycles. The Balaban J connectivity index is 2.17. The highest BCUT2D eigenvalue weighted by Gasteiger charge is 2.07. The predicted molar refractivity (Wildman–Crippen MR) is 73.5 cm³/mol. The molecule has 4 heteroatoms. The summed E-state index contributed by atoms with van der Waals surface area (Å²) in [5.41, 5.74) is 1.34. The molecule has 19 heavy (non-hydrogen) atoms. The fraction of sp³-hybridized carbons (Fsp3) is 0.133. The summed E-state index contributed by atoms with van der Waals surface area (Å²) in [6.07, 6.45) is 0. The van der Waals surface area contributed by atoms with Crippen LogP contribution in [0.4, 0.5) is 0 Å². The van der Waals surface area contributed by atoms with Gasteiger partial charge < -0.3 is 9.47 Å². The van der Waals surface area contributed by atoms with Gasteiger partial charge in [-0.2, -0.15) is 5.26 Å². The fourth-order valence-corrected chi connectivity index (χ4v) is 1.87. The summed E-state index contributed by atoms with van der Waals surface area (Å²) in [4.78, 5) is 0. The third-order valence-electron chi connectivity index (χ3n) is 2.64. The molecular formula is C15H12ClNO2. The van der Waals surface area contributed by atoms with Crippen molar-refractivity contribution in [2.45, 2.75) is 6.61 Å². The van der Waals surface area contributed by atoms with E-state index in [9.17, 15) is 0 Å². The Morgan fingerprint density at radius 1 is 1.16 bits per heavy atom. The minimum Gasteiger partial charge on any atom is -0.496 e. The van der Waals surface area contributed by atoms with E-state index in [1.54, 1.807) is 25.3 Å². The summed E-state index contributed by atoms with van der Waals surface area (Å²) < 4.78 is 10.9. The van der Waals surface area contributed by atoms with Crippen LogP contribution in [0.5, 0.6) is 11.5 Å². The van der Waals surface area contributed by atoms with Crippen molar-refractivity contribution in [2.24, 2.45) is 0 Å². The largest absolute Gasteiger partial charge is 0.496 e.